The van der Waals surface area contributed by atoms with Crippen molar-refractivity contribution in [3.05, 3.63) is 46.0 Å². The number of aliphatic hydroxyl groups is 2. The molecular weight excluding hydrogens is 544 g/mol. The van der Waals surface area contributed by atoms with Crippen LogP contribution in [0.3, 0.4) is 0 Å². The number of hydrogen-bond acceptors (Lipinski definition) is 6. The summed E-state index contributed by atoms with van der Waals surface area (Å²) in [5.41, 5.74) is 2.73. The molecule has 0 radical (unpaired) electrons. The minimum Gasteiger partial charge on any atom is -0.504 e. The zero-order valence-electron chi connectivity index (χ0n) is 27.8. The van der Waals surface area contributed by atoms with Crippen molar-refractivity contribution in [2.24, 2.45) is 29.6 Å². The van der Waals surface area contributed by atoms with Gasteiger partial charge in [-0.25, -0.2) is 0 Å². The van der Waals surface area contributed by atoms with E-state index in [9.17, 15) is 15.0 Å². The summed E-state index contributed by atoms with van der Waals surface area (Å²) in [5.74, 6) is -1.38. The highest BCUT2D eigenvalue weighted by Gasteiger charge is 2.52. The van der Waals surface area contributed by atoms with Crippen molar-refractivity contribution in [1.82, 2.24) is 0 Å². The molecule has 3 aliphatic heterocycles. The summed E-state index contributed by atoms with van der Waals surface area (Å²) < 4.78 is 20.5. The van der Waals surface area contributed by atoms with Gasteiger partial charge in [0, 0.05) is 34.5 Å². The van der Waals surface area contributed by atoms with Crippen molar-refractivity contribution in [3.63, 3.8) is 0 Å². The van der Waals surface area contributed by atoms with Gasteiger partial charge in [0.25, 0.3) is 0 Å². The van der Waals surface area contributed by atoms with Crippen LogP contribution in [0.15, 0.2) is 46.0 Å². The van der Waals surface area contributed by atoms with E-state index in [2.05, 4.69) is 61.5 Å². The smallest absolute Gasteiger partial charge is 0.231 e. The summed E-state index contributed by atoms with van der Waals surface area (Å²) in [4.78, 5) is 13.4. The summed E-state index contributed by atoms with van der Waals surface area (Å²) in [7, 11) is -1.97. The summed E-state index contributed by atoms with van der Waals surface area (Å²) >= 11 is 0. The molecule has 4 rings (SSSR count). The third-order valence-electron chi connectivity index (χ3n) is 10.9. The zero-order valence-corrected chi connectivity index (χ0v) is 28.8. The first kappa shape index (κ1) is 33.2. The second-order valence-corrected chi connectivity index (χ2v) is 18.8. The molecule has 42 heavy (non-hydrogen) atoms. The van der Waals surface area contributed by atoms with E-state index in [-0.39, 0.29) is 35.7 Å². The van der Waals surface area contributed by atoms with Crippen molar-refractivity contribution < 1.29 is 28.9 Å². The van der Waals surface area contributed by atoms with Crippen molar-refractivity contribution in [2.75, 3.05) is 0 Å². The number of hydrogen-bond donors (Lipinski definition) is 2. The third kappa shape index (κ3) is 6.13. The van der Waals surface area contributed by atoms with Crippen LogP contribution in [0.25, 0.3) is 0 Å². The maximum absolute atomic E-state index is 13.4. The van der Waals surface area contributed by atoms with Crippen LogP contribution in [0.2, 0.25) is 18.1 Å². The van der Waals surface area contributed by atoms with Crippen LogP contribution in [0.4, 0.5) is 0 Å². The van der Waals surface area contributed by atoms with Gasteiger partial charge in [0.05, 0.1) is 18.3 Å². The van der Waals surface area contributed by atoms with Crippen LogP contribution >= 0.6 is 0 Å². The molecule has 0 saturated carbocycles. The Bertz CT molecular complexity index is 1150. The number of allylic oxidation sites excluding steroid dienone is 4. The molecule has 0 aromatic heterocycles. The molecule has 0 aromatic rings. The van der Waals surface area contributed by atoms with Crippen molar-refractivity contribution in [3.8, 4) is 0 Å². The SMILES string of the molecule is CC[Si](CC)(CC)O[C@H]1[C@@H](C)[C@H]2CC[C@H](C)/C=C(\C)C[C@@H](C)C[C@H](C)[C@@]3(O)C=C4C(=C(C)C(=O)C(O)=C4[C@H](O2)[C@@H]1C)O3. The second-order valence-electron chi connectivity index (χ2n) is 14.1. The molecule has 4 aliphatic rings. The van der Waals surface area contributed by atoms with Gasteiger partial charge in [-0.1, -0.05) is 67.0 Å². The first-order valence-electron chi connectivity index (χ1n) is 16.5. The summed E-state index contributed by atoms with van der Waals surface area (Å²) in [6, 6.07) is 3.15. The number of fused-ring (bicyclic) bond motifs is 4. The molecule has 0 spiro atoms. The molecule has 0 amide bonds. The van der Waals surface area contributed by atoms with Crippen LogP contribution in [-0.2, 0) is 18.7 Å². The zero-order chi connectivity index (χ0) is 31.1. The Morgan fingerprint density at radius 3 is 2.29 bits per heavy atom. The number of carbonyl (C=O) groups excluding carboxylic acids is 1. The Labute approximate surface area is 255 Å². The van der Waals surface area contributed by atoms with E-state index in [1.54, 1.807) is 13.0 Å². The molecule has 0 aromatic carbocycles. The molecule has 0 unspecified atom stereocenters. The second kappa shape index (κ2) is 12.7. The molecule has 7 heteroatoms. The summed E-state index contributed by atoms with van der Waals surface area (Å²) in [6.07, 6.45) is 6.97. The lowest BCUT2D eigenvalue weighted by Crippen LogP contribution is -2.55. The number of ether oxygens (including phenoxy) is 2. The van der Waals surface area contributed by atoms with E-state index < -0.39 is 26.0 Å². The highest BCUT2D eigenvalue weighted by molar-refractivity contribution is 6.73. The lowest BCUT2D eigenvalue weighted by atomic mass is 9.75. The number of Topliss-reactive ketones (excluding diaryl/α,β-unsaturated/α-hetero) is 1. The van der Waals surface area contributed by atoms with Gasteiger partial charge in [0.15, 0.2) is 14.1 Å². The van der Waals surface area contributed by atoms with Gasteiger partial charge in [-0.2, -0.15) is 0 Å². The largest absolute Gasteiger partial charge is 0.504 e. The Balaban J connectivity index is 1.86. The van der Waals surface area contributed by atoms with Crippen LogP contribution < -0.4 is 0 Å². The van der Waals surface area contributed by atoms with E-state index in [0.29, 0.717) is 34.3 Å². The predicted molar refractivity (Wildman–Crippen MR) is 170 cm³/mol. The number of carbonyl (C=O) groups is 1. The van der Waals surface area contributed by atoms with Gasteiger partial charge in [-0.15, -0.1) is 0 Å². The maximum atomic E-state index is 13.4. The topological polar surface area (TPSA) is 85.2 Å². The van der Waals surface area contributed by atoms with E-state index in [1.807, 2.05) is 6.92 Å². The molecule has 2 N–H and O–H groups in total. The average Bonchev–Trinajstić information content (AvgIpc) is 3.30. The van der Waals surface area contributed by atoms with Gasteiger partial charge in [0.2, 0.25) is 11.6 Å². The minimum absolute atomic E-state index is 0.0702. The highest BCUT2D eigenvalue weighted by Crippen LogP contribution is 2.50. The lowest BCUT2D eigenvalue weighted by Gasteiger charge is -2.49. The van der Waals surface area contributed by atoms with Crippen molar-refractivity contribution in [2.45, 2.75) is 137 Å². The molecule has 236 valence electrons. The van der Waals surface area contributed by atoms with Gasteiger partial charge in [-0.05, 0) is 75.6 Å². The Kier molecular flexibility index (Phi) is 10.1. The van der Waals surface area contributed by atoms with Crippen molar-refractivity contribution >= 4 is 14.1 Å². The van der Waals surface area contributed by atoms with Gasteiger partial charge in [-0.3, -0.25) is 4.79 Å². The van der Waals surface area contributed by atoms with E-state index in [4.69, 9.17) is 13.9 Å². The minimum atomic E-state index is -1.97. The molecule has 1 aliphatic carbocycles. The highest BCUT2D eigenvalue weighted by atomic mass is 28.4. The normalized spacial score (nSPS) is 39.5. The van der Waals surface area contributed by atoms with Crippen LogP contribution in [-0.4, -0.2) is 48.4 Å². The first-order chi connectivity index (χ1) is 19.7. The number of ketones is 1. The Hall–Kier alpha value is -1.67. The quantitative estimate of drug-likeness (QED) is 0.245. The fourth-order valence-corrected chi connectivity index (χ4v) is 11.0. The van der Waals surface area contributed by atoms with Gasteiger partial charge >= 0.3 is 0 Å². The summed E-state index contributed by atoms with van der Waals surface area (Å²) in [6.45, 7) is 21.5. The van der Waals surface area contributed by atoms with Crippen LogP contribution in [0.1, 0.15) is 94.9 Å². The van der Waals surface area contributed by atoms with Crippen molar-refractivity contribution in [1.29, 1.82) is 0 Å². The number of rotatable bonds is 5. The fourth-order valence-electron chi connectivity index (χ4n) is 7.99. The summed E-state index contributed by atoms with van der Waals surface area (Å²) in [5, 5.41) is 23.4. The average molecular weight is 601 g/mol. The standard InChI is InChI=1S/C35H56O6Si/c1-11-42(12-2,13-3)41-32-24(8)28-15-14-20(4)16-21(5)17-22(6)18-23(7)35(38)19-27-29(34(39-28)26(32)10)31(37)30(36)25(9)33(27)40-35/h16,19-20,22-24,26,28,32,34,37-38H,11-15,17-18H2,1-10H3/b21-16+/t20-,22+,23-,24-,26+,28+,32-,34+,35+/m0/s1. The van der Waals surface area contributed by atoms with Gasteiger partial charge < -0.3 is 24.1 Å². The third-order valence-corrected chi connectivity index (χ3v) is 15.6. The molecule has 1 fully saturated rings. The molecule has 6 nitrogen and oxygen atoms in total. The lowest BCUT2D eigenvalue weighted by molar-refractivity contribution is -0.164. The number of aliphatic hydroxyl groups excluding tert-OH is 1. The molecule has 4 bridgehead atoms. The molecule has 3 heterocycles. The molecule has 9 atom stereocenters. The monoisotopic (exact) mass is 600 g/mol. The van der Waals surface area contributed by atoms with Gasteiger partial charge in [0.1, 0.15) is 5.76 Å². The first-order valence-corrected chi connectivity index (χ1v) is 19.1. The predicted octanol–water partition coefficient (Wildman–Crippen LogP) is 8.16. The van der Waals surface area contributed by atoms with Crippen LogP contribution in [0, 0.1) is 29.6 Å². The van der Waals surface area contributed by atoms with E-state index >= 15 is 0 Å². The fraction of sp³-hybridized carbons (Fsp3) is 0.743. The Morgan fingerprint density at radius 2 is 1.67 bits per heavy atom. The van der Waals surface area contributed by atoms with E-state index in [1.165, 1.54) is 5.57 Å². The molecule has 1 saturated heterocycles. The molecular formula is C35H56O6Si. The maximum Gasteiger partial charge on any atom is 0.231 e. The Morgan fingerprint density at radius 1 is 1.02 bits per heavy atom. The van der Waals surface area contributed by atoms with Crippen LogP contribution in [0.5, 0.6) is 0 Å². The van der Waals surface area contributed by atoms with E-state index in [0.717, 1.165) is 43.8 Å².